The van der Waals surface area contributed by atoms with Crippen molar-refractivity contribution in [2.24, 2.45) is 5.92 Å². The van der Waals surface area contributed by atoms with E-state index in [1.165, 1.54) is 35.0 Å². The molecule has 186 valence electrons. The number of carboxylic acids is 1. The third kappa shape index (κ3) is 6.45. The summed E-state index contributed by atoms with van der Waals surface area (Å²) in [4.78, 5) is 24.6. The first kappa shape index (κ1) is 25.9. The fraction of sp³-hybridized carbons (Fsp3) is 0.346. The van der Waals surface area contributed by atoms with Crippen molar-refractivity contribution in [3.8, 4) is 11.6 Å². The minimum Gasteiger partial charge on any atom is -0.481 e. The van der Waals surface area contributed by atoms with E-state index >= 15 is 0 Å². The molecule has 3 aromatic rings. The number of rotatable bonds is 10. The predicted molar refractivity (Wildman–Crippen MR) is 128 cm³/mol. The number of aliphatic carboxylic acids is 1. The Morgan fingerprint density at radius 2 is 1.83 bits per heavy atom. The maximum atomic E-state index is 13.5. The Morgan fingerprint density at radius 1 is 1.17 bits per heavy atom. The van der Waals surface area contributed by atoms with Crippen LogP contribution in [0.5, 0.6) is 5.88 Å². The summed E-state index contributed by atoms with van der Waals surface area (Å²) in [6.07, 6.45) is -0.310. The average molecular weight is 484 g/mol. The van der Waals surface area contributed by atoms with Gasteiger partial charge in [0.1, 0.15) is 12.4 Å². The summed E-state index contributed by atoms with van der Waals surface area (Å²) in [5, 5.41) is 27.1. The molecule has 0 radical (unpaired) electrons. The predicted octanol–water partition coefficient (Wildman–Crippen LogP) is 4.05. The van der Waals surface area contributed by atoms with Crippen molar-refractivity contribution in [3.05, 3.63) is 77.2 Å². The van der Waals surface area contributed by atoms with Crippen molar-refractivity contribution in [2.75, 3.05) is 6.61 Å². The molecule has 0 fully saturated rings. The zero-order valence-corrected chi connectivity index (χ0v) is 20.2. The van der Waals surface area contributed by atoms with E-state index in [2.05, 4.69) is 10.4 Å². The molecule has 0 unspecified atom stereocenters. The second kappa shape index (κ2) is 10.7. The molecule has 9 heteroatoms. The second-order valence-electron chi connectivity index (χ2n) is 9.04. The first-order valence-corrected chi connectivity index (χ1v) is 11.3. The Kier molecular flexibility index (Phi) is 7.91. The summed E-state index contributed by atoms with van der Waals surface area (Å²) in [7, 11) is 0. The summed E-state index contributed by atoms with van der Waals surface area (Å²) < 4.78 is 20.6. The molecule has 0 bridgehead atoms. The van der Waals surface area contributed by atoms with Gasteiger partial charge >= 0.3 is 5.97 Å². The van der Waals surface area contributed by atoms with Crippen LogP contribution in [0, 0.1) is 18.7 Å². The number of benzene rings is 2. The highest BCUT2D eigenvalue weighted by Gasteiger charge is 2.28. The third-order valence-corrected chi connectivity index (χ3v) is 5.98. The largest absolute Gasteiger partial charge is 0.481 e. The monoisotopic (exact) mass is 483 g/mol. The number of carbonyl (C=O) groups is 2. The Morgan fingerprint density at radius 3 is 2.43 bits per heavy atom. The molecule has 3 N–H and O–H groups in total. The molecule has 0 aliphatic heterocycles. The van der Waals surface area contributed by atoms with E-state index in [1.54, 1.807) is 19.1 Å². The topological polar surface area (TPSA) is 114 Å². The summed E-state index contributed by atoms with van der Waals surface area (Å²) in [6, 6.07) is 13.3. The number of hydrogen-bond donors (Lipinski definition) is 3. The molecule has 2 atom stereocenters. The molecule has 1 heterocycles. The fourth-order valence-corrected chi connectivity index (χ4v) is 3.36. The maximum absolute atomic E-state index is 13.5. The fourth-order valence-electron chi connectivity index (χ4n) is 3.36. The minimum absolute atomic E-state index is 0.0162. The van der Waals surface area contributed by atoms with Gasteiger partial charge in [0.15, 0.2) is 5.69 Å². The van der Waals surface area contributed by atoms with Crippen molar-refractivity contribution in [2.45, 2.75) is 45.8 Å². The van der Waals surface area contributed by atoms with E-state index in [1.807, 2.05) is 32.9 Å². The van der Waals surface area contributed by atoms with Crippen LogP contribution in [-0.2, 0) is 4.79 Å². The quantitative estimate of drug-likeness (QED) is 0.401. The number of ether oxygens (including phenoxy) is 1. The zero-order valence-electron chi connectivity index (χ0n) is 20.2. The molecule has 0 saturated carbocycles. The molecule has 1 amide bonds. The van der Waals surface area contributed by atoms with Crippen molar-refractivity contribution in [3.63, 3.8) is 0 Å². The molecule has 35 heavy (non-hydrogen) atoms. The van der Waals surface area contributed by atoms with Crippen LogP contribution in [0.25, 0.3) is 5.69 Å². The summed E-state index contributed by atoms with van der Waals surface area (Å²) >= 11 is 0. The molecular weight excluding hydrogens is 453 g/mol. The highest BCUT2D eigenvalue weighted by atomic mass is 19.1. The summed E-state index contributed by atoms with van der Waals surface area (Å²) in [6.45, 7) is 7.12. The third-order valence-electron chi connectivity index (χ3n) is 5.98. The number of nitrogens with one attached hydrogen (secondary N) is 1. The molecule has 0 aliphatic carbocycles. The van der Waals surface area contributed by atoms with Gasteiger partial charge in [0.25, 0.3) is 5.91 Å². The van der Waals surface area contributed by atoms with Crippen molar-refractivity contribution >= 4 is 11.9 Å². The van der Waals surface area contributed by atoms with E-state index < -0.39 is 29.3 Å². The second-order valence-corrected chi connectivity index (χ2v) is 9.04. The van der Waals surface area contributed by atoms with E-state index in [0.717, 1.165) is 5.56 Å². The lowest BCUT2D eigenvalue weighted by molar-refractivity contribution is -0.137. The molecule has 3 rings (SSSR count). The Hall–Kier alpha value is -3.72. The number of carbonyl (C=O) groups excluding carboxylic acids is 1. The molecule has 0 saturated heterocycles. The lowest BCUT2D eigenvalue weighted by atomic mass is 9.94. The summed E-state index contributed by atoms with van der Waals surface area (Å²) in [5.41, 5.74) is 0.821. The average Bonchev–Trinajstić information content (AvgIpc) is 3.22. The van der Waals surface area contributed by atoms with Crippen LogP contribution >= 0.6 is 0 Å². The number of amides is 1. The van der Waals surface area contributed by atoms with Gasteiger partial charge in [0.2, 0.25) is 5.88 Å². The first-order valence-electron chi connectivity index (χ1n) is 11.3. The molecule has 8 nitrogen and oxygen atoms in total. The highest BCUT2D eigenvalue weighted by Crippen LogP contribution is 2.25. The van der Waals surface area contributed by atoms with Gasteiger partial charge in [-0.05, 0) is 55.2 Å². The van der Waals surface area contributed by atoms with Gasteiger partial charge in [-0.1, -0.05) is 38.1 Å². The van der Waals surface area contributed by atoms with Crippen LogP contribution in [0.4, 0.5) is 4.39 Å². The van der Waals surface area contributed by atoms with Gasteiger partial charge < -0.3 is 20.3 Å². The van der Waals surface area contributed by atoms with Crippen LogP contribution in [0.2, 0.25) is 0 Å². The number of aliphatic hydroxyl groups is 1. The Labute approximate surface area is 203 Å². The molecule has 0 spiro atoms. The van der Waals surface area contributed by atoms with Crippen LogP contribution in [-0.4, -0.2) is 44.1 Å². The van der Waals surface area contributed by atoms with E-state index in [0.29, 0.717) is 11.3 Å². The van der Waals surface area contributed by atoms with Crippen LogP contribution in [0.1, 0.15) is 54.8 Å². The zero-order chi connectivity index (χ0) is 25.8. The maximum Gasteiger partial charge on any atom is 0.305 e. The number of halogens is 1. The number of hydrogen-bond acceptors (Lipinski definition) is 5. The molecular formula is C26H30FN3O5. The van der Waals surface area contributed by atoms with Crippen LogP contribution in [0.15, 0.2) is 54.6 Å². The lowest BCUT2D eigenvalue weighted by Crippen LogP contribution is -2.38. The van der Waals surface area contributed by atoms with E-state index in [-0.39, 0.29) is 30.5 Å². The molecule has 1 aromatic heterocycles. The van der Waals surface area contributed by atoms with E-state index in [9.17, 15) is 24.2 Å². The smallest absolute Gasteiger partial charge is 0.305 e. The number of nitrogens with zero attached hydrogens (tertiary/aromatic N) is 2. The van der Waals surface area contributed by atoms with Gasteiger partial charge in [-0.15, -0.1) is 0 Å². The standard InChI is InChI=1S/C26H30FN3O5/c1-16(2)26(4,34)15-35-23-13-22(29-30(23)19-11-9-18(27)10-12-19)25(33)28-21(14-24(31)32)20-8-6-5-7-17(20)3/h5-13,16,21,34H,14-15H2,1-4H3,(H,28,33)(H,31,32)/t21-,26+/m0/s1. The van der Waals surface area contributed by atoms with Gasteiger partial charge in [-0.2, -0.15) is 5.10 Å². The van der Waals surface area contributed by atoms with Crippen LogP contribution < -0.4 is 10.1 Å². The van der Waals surface area contributed by atoms with Crippen molar-refractivity contribution in [1.82, 2.24) is 15.1 Å². The number of aromatic nitrogens is 2. The first-order chi connectivity index (χ1) is 16.5. The van der Waals surface area contributed by atoms with E-state index in [4.69, 9.17) is 4.74 Å². The minimum atomic E-state index is -1.14. The number of aryl methyl sites for hydroxylation is 1. The van der Waals surface area contributed by atoms with Gasteiger partial charge in [-0.3, -0.25) is 9.59 Å². The molecule has 2 aromatic carbocycles. The molecule has 0 aliphatic rings. The SMILES string of the molecule is Cc1ccccc1[C@H](CC(=O)O)NC(=O)c1cc(OC[C@@](C)(O)C(C)C)n(-c2ccc(F)cc2)n1. The van der Waals surface area contributed by atoms with Crippen molar-refractivity contribution in [1.29, 1.82) is 0 Å². The van der Waals surface area contributed by atoms with Crippen LogP contribution in [0.3, 0.4) is 0 Å². The van der Waals surface area contributed by atoms with Crippen molar-refractivity contribution < 1.29 is 28.9 Å². The Balaban J connectivity index is 1.93. The van der Waals surface area contributed by atoms with Gasteiger partial charge in [0, 0.05) is 6.07 Å². The Bertz CT molecular complexity index is 1190. The summed E-state index contributed by atoms with van der Waals surface area (Å²) in [5.74, 6) is -2.01. The highest BCUT2D eigenvalue weighted by molar-refractivity contribution is 5.93. The lowest BCUT2D eigenvalue weighted by Gasteiger charge is -2.27. The van der Waals surface area contributed by atoms with Gasteiger partial charge in [-0.25, -0.2) is 9.07 Å². The van der Waals surface area contributed by atoms with Gasteiger partial charge in [0.05, 0.1) is 23.8 Å². The normalized spacial score (nSPS) is 13.8. The number of carboxylic acid groups (broad SMARTS) is 1.